The van der Waals surface area contributed by atoms with Gasteiger partial charge in [-0.25, -0.2) is 4.98 Å². The lowest BCUT2D eigenvalue weighted by Crippen LogP contribution is -2.41. The molecule has 3 rings (SSSR count). The summed E-state index contributed by atoms with van der Waals surface area (Å²) in [5, 5.41) is 0. The third-order valence-corrected chi connectivity index (χ3v) is 4.67. The Balaban J connectivity index is 1.92. The van der Waals surface area contributed by atoms with E-state index in [-0.39, 0.29) is 23.3 Å². The van der Waals surface area contributed by atoms with Crippen LogP contribution in [0.1, 0.15) is 57.2 Å². The van der Waals surface area contributed by atoms with Crippen molar-refractivity contribution in [2.75, 3.05) is 4.90 Å². The molecule has 0 aliphatic carbocycles. The Hall–Kier alpha value is -2.30. The molecule has 1 amide bonds. The summed E-state index contributed by atoms with van der Waals surface area (Å²) in [6.07, 6.45) is 2.52. The Morgan fingerprint density at radius 2 is 2.08 bits per heavy atom. The molecule has 1 aromatic carbocycles. The van der Waals surface area contributed by atoms with Crippen molar-refractivity contribution in [3.8, 4) is 0 Å². The van der Waals surface area contributed by atoms with Crippen LogP contribution in [0.4, 0.5) is 5.69 Å². The number of amides is 1. The van der Waals surface area contributed by atoms with Crippen LogP contribution >= 0.6 is 0 Å². The molecule has 128 valence electrons. The van der Waals surface area contributed by atoms with Crippen molar-refractivity contribution in [2.45, 2.75) is 58.0 Å². The summed E-state index contributed by atoms with van der Waals surface area (Å²) in [4.78, 5) is 18.5. The van der Waals surface area contributed by atoms with Gasteiger partial charge in [-0.2, -0.15) is 0 Å². The Kier molecular flexibility index (Phi) is 4.11. The minimum Gasteiger partial charge on any atom is -0.443 e. The van der Waals surface area contributed by atoms with E-state index >= 15 is 0 Å². The highest BCUT2D eigenvalue weighted by Crippen LogP contribution is 2.39. The Bertz CT molecular complexity index is 745. The summed E-state index contributed by atoms with van der Waals surface area (Å²) in [5.41, 5.74) is 7.57. The third-order valence-electron chi connectivity index (χ3n) is 4.67. The molecule has 1 aliphatic rings. The lowest BCUT2D eigenvalue weighted by molar-refractivity contribution is -0.119. The van der Waals surface area contributed by atoms with Crippen LogP contribution in [-0.4, -0.2) is 16.9 Å². The molecule has 2 heterocycles. The van der Waals surface area contributed by atoms with Crippen molar-refractivity contribution in [3.05, 3.63) is 47.7 Å². The van der Waals surface area contributed by atoms with E-state index in [0.29, 0.717) is 18.9 Å². The number of para-hydroxylation sites is 1. The van der Waals surface area contributed by atoms with Crippen molar-refractivity contribution >= 4 is 11.6 Å². The fourth-order valence-corrected chi connectivity index (χ4v) is 3.26. The van der Waals surface area contributed by atoms with Gasteiger partial charge in [0.25, 0.3) is 0 Å². The number of benzene rings is 1. The number of aromatic nitrogens is 1. The monoisotopic (exact) mass is 327 g/mol. The average Bonchev–Trinajstić information content (AvgIpc) is 2.98. The molecule has 0 saturated carbocycles. The molecule has 1 aliphatic heterocycles. The summed E-state index contributed by atoms with van der Waals surface area (Å²) in [7, 11) is 0. The van der Waals surface area contributed by atoms with Gasteiger partial charge in [-0.05, 0) is 25.0 Å². The lowest BCUT2D eigenvalue weighted by atomic mass is 9.85. The number of anilines is 1. The highest BCUT2D eigenvalue weighted by molar-refractivity contribution is 5.85. The van der Waals surface area contributed by atoms with Crippen LogP contribution in [0.5, 0.6) is 0 Å². The van der Waals surface area contributed by atoms with Gasteiger partial charge in [0.2, 0.25) is 11.8 Å². The standard InChI is InChI=1S/C19H25N3O2/c1-12-9-14(18(20)23)13-7-5-6-8-15(13)22(12)11-17-21-10-16(24-17)19(2,3)4/h5-8,10,12,14H,9,11H2,1-4H3,(H2,20,23). The van der Waals surface area contributed by atoms with E-state index in [4.69, 9.17) is 10.2 Å². The molecule has 5 heteroatoms. The summed E-state index contributed by atoms with van der Waals surface area (Å²) in [6.45, 7) is 9.01. The van der Waals surface area contributed by atoms with Crippen LogP contribution in [0, 0.1) is 0 Å². The zero-order valence-corrected chi connectivity index (χ0v) is 14.7. The minimum atomic E-state index is -0.264. The Morgan fingerprint density at radius 3 is 2.71 bits per heavy atom. The quantitative estimate of drug-likeness (QED) is 0.938. The summed E-state index contributed by atoms with van der Waals surface area (Å²) < 4.78 is 5.94. The minimum absolute atomic E-state index is 0.0618. The number of carbonyl (C=O) groups is 1. The van der Waals surface area contributed by atoms with Crippen molar-refractivity contribution in [1.29, 1.82) is 0 Å². The molecule has 2 N–H and O–H groups in total. The summed E-state index contributed by atoms with van der Waals surface area (Å²) in [6, 6.07) is 8.14. The Labute approximate surface area is 142 Å². The second kappa shape index (κ2) is 5.96. The number of hydrogen-bond acceptors (Lipinski definition) is 4. The first-order valence-electron chi connectivity index (χ1n) is 8.37. The smallest absolute Gasteiger partial charge is 0.225 e. The van der Waals surface area contributed by atoms with E-state index in [1.807, 2.05) is 30.5 Å². The number of oxazole rings is 1. The topological polar surface area (TPSA) is 72.4 Å². The molecule has 2 aromatic rings. The van der Waals surface area contributed by atoms with Gasteiger partial charge in [0.15, 0.2) is 0 Å². The number of fused-ring (bicyclic) bond motifs is 1. The number of nitrogens with two attached hydrogens (primary N) is 1. The second-order valence-corrected chi connectivity index (χ2v) is 7.59. The van der Waals surface area contributed by atoms with Crippen LogP contribution in [0.15, 0.2) is 34.9 Å². The van der Waals surface area contributed by atoms with E-state index in [2.05, 4.69) is 37.6 Å². The van der Waals surface area contributed by atoms with E-state index in [1.54, 1.807) is 0 Å². The number of nitrogens with zero attached hydrogens (tertiary/aromatic N) is 2. The van der Waals surface area contributed by atoms with E-state index in [0.717, 1.165) is 17.0 Å². The lowest BCUT2D eigenvalue weighted by Gasteiger charge is -2.39. The fraction of sp³-hybridized carbons (Fsp3) is 0.474. The molecular weight excluding hydrogens is 302 g/mol. The average molecular weight is 327 g/mol. The molecule has 1 aromatic heterocycles. The first kappa shape index (κ1) is 16.6. The molecule has 0 saturated heterocycles. The van der Waals surface area contributed by atoms with Gasteiger partial charge in [0, 0.05) is 17.1 Å². The molecule has 24 heavy (non-hydrogen) atoms. The largest absolute Gasteiger partial charge is 0.443 e. The molecule has 0 bridgehead atoms. The van der Waals surface area contributed by atoms with Gasteiger partial charge in [-0.3, -0.25) is 4.79 Å². The summed E-state index contributed by atoms with van der Waals surface area (Å²) >= 11 is 0. The normalized spacial score (nSPS) is 20.8. The maximum absolute atomic E-state index is 11.8. The SMILES string of the molecule is CC1CC(C(N)=O)c2ccccc2N1Cc1ncc(C(C)(C)C)o1. The van der Waals surface area contributed by atoms with E-state index in [9.17, 15) is 4.79 Å². The zero-order valence-electron chi connectivity index (χ0n) is 14.7. The highest BCUT2D eigenvalue weighted by atomic mass is 16.4. The molecule has 5 nitrogen and oxygen atoms in total. The van der Waals surface area contributed by atoms with Gasteiger partial charge in [-0.15, -0.1) is 0 Å². The van der Waals surface area contributed by atoms with Crippen molar-refractivity contribution in [1.82, 2.24) is 4.98 Å². The summed E-state index contributed by atoms with van der Waals surface area (Å²) in [5.74, 6) is 1.08. The highest BCUT2D eigenvalue weighted by Gasteiger charge is 2.33. The fourth-order valence-electron chi connectivity index (χ4n) is 3.26. The van der Waals surface area contributed by atoms with Crippen LogP contribution in [0.2, 0.25) is 0 Å². The van der Waals surface area contributed by atoms with Gasteiger partial charge in [-0.1, -0.05) is 39.0 Å². The van der Waals surface area contributed by atoms with Crippen molar-refractivity contribution < 1.29 is 9.21 Å². The Morgan fingerprint density at radius 1 is 1.38 bits per heavy atom. The number of carbonyl (C=O) groups excluding carboxylic acids is 1. The molecule has 0 radical (unpaired) electrons. The predicted octanol–water partition coefficient (Wildman–Crippen LogP) is 3.34. The van der Waals surface area contributed by atoms with Gasteiger partial charge in [0.1, 0.15) is 5.76 Å². The zero-order chi connectivity index (χ0) is 17.5. The molecule has 0 fully saturated rings. The first-order valence-corrected chi connectivity index (χ1v) is 8.37. The van der Waals surface area contributed by atoms with E-state index < -0.39 is 0 Å². The number of rotatable bonds is 3. The number of hydrogen-bond donors (Lipinski definition) is 1. The first-order chi connectivity index (χ1) is 11.3. The van der Waals surface area contributed by atoms with Crippen molar-refractivity contribution in [2.24, 2.45) is 5.73 Å². The van der Waals surface area contributed by atoms with Crippen LogP contribution in [0.25, 0.3) is 0 Å². The third kappa shape index (κ3) is 3.03. The molecule has 2 unspecified atom stereocenters. The molecular formula is C19H25N3O2. The van der Waals surface area contributed by atoms with Crippen molar-refractivity contribution in [3.63, 3.8) is 0 Å². The molecule has 0 spiro atoms. The van der Waals surface area contributed by atoms with Crippen LogP contribution < -0.4 is 10.6 Å². The number of primary amides is 1. The van der Waals surface area contributed by atoms with Gasteiger partial charge in [0.05, 0.1) is 18.7 Å². The second-order valence-electron chi connectivity index (χ2n) is 7.59. The predicted molar refractivity (Wildman–Crippen MR) is 93.8 cm³/mol. The molecule has 2 atom stereocenters. The van der Waals surface area contributed by atoms with Gasteiger partial charge < -0.3 is 15.1 Å². The van der Waals surface area contributed by atoms with E-state index in [1.165, 1.54) is 0 Å². The van der Waals surface area contributed by atoms with Crippen LogP contribution in [0.3, 0.4) is 0 Å². The maximum Gasteiger partial charge on any atom is 0.225 e. The van der Waals surface area contributed by atoms with Gasteiger partial charge >= 0.3 is 0 Å². The van der Waals surface area contributed by atoms with Crippen LogP contribution in [-0.2, 0) is 16.8 Å². The maximum atomic E-state index is 11.8.